The number of amidine groups is 1. The van der Waals surface area contributed by atoms with Crippen molar-refractivity contribution in [3.8, 4) is 5.75 Å². The van der Waals surface area contributed by atoms with Gasteiger partial charge in [-0.3, -0.25) is 5.41 Å². The monoisotopic (exact) mass is 277 g/mol. The van der Waals surface area contributed by atoms with Crippen LogP contribution in [-0.2, 0) is 4.74 Å². The smallest absolute Gasteiger partial charge is 0.124 e. The summed E-state index contributed by atoms with van der Waals surface area (Å²) in [5.74, 6) is 1.40. The average molecular weight is 277 g/mol. The minimum Gasteiger partial charge on any atom is -0.497 e. The molecule has 0 saturated carbocycles. The highest BCUT2D eigenvalue weighted by atomic mass is 16.5. The van der Waals surface area contributed by atoms with Crippen molar-refractivity contribution in [3.05, 3.63) is 23.8 Å². The highest BCUT2D eigenvalue weighted by molar-refractivity contribution is 6.00. The van der Waals surface area contributed by atoms with Gasteiger partial charge in [0.1, 0.15) is 11.6 Å². The highest BCUT2D eigenvalue weighted by Crippen LogP contribution is 2.30. The van der Waals surface area contributed by atoms with Gasteiger partial charge in [-0.25, -0.2) is 0 Å². The van der Waals surface area contributed by atoms with Crippen molar-refractivity contribution in [2.45, 2.75) is 19.4 Å². The van der Waals surface area contributed by atoms with Crippen LogP contribution in [0.1, 0.15) is 18.9 Å². The third-order valence-corrected chi connectivity index (χ3v) is 4.03. The van der Waals surface area contributed by atoms with E-state index in [1.165, 1.54) is 0 Å². The number of nitrogen functional groups attached to an aromatic ring is 1. The Morgan fingerprint density at radius 2 is 2.15 bits per heavy atom. The van der Waals surface area contributed by atoms with Gasteiger partial charge in [-0.1, -0.05) is 6.92 Å². The van der Waals surface area contributed by atoms with Gasteiger partial charge in [0, 0.05) is 31.8 Å². The van der Waals surface area contributed by atoms with Gasteiger partial charge in [0.25, 0.3) is 0 Å². The van der Waals surface area contributed by atoms with E-state index in [9.17, 15) is 0 Å². The number of hydrogen-bond donors (Lipinski definition) is 2. The first-order valence-corrected chi connectivity index (χ1v) is 6.87. The summed E-state index contributed by atoms with van der Waals surface area (Å²) in [6.07, 6.45) is 1.27. The molecule has 1 heterocycles. The Bertz CT molecular complexity index is 490. The largest absolute Gasteiger partial charge is 0.497 e. The maximum absolute atomic E-state index is 7.74. The van der Waals surface area contributed by atoms with Crippen molar-refractivity contribution in [1.82, 2.24) is 0 Å². The van der Waals surface area contributed by atoms with Crippen molar-refractivity contribution in [2.24, 2.45) is 11.7 Å². The zero-order valence-electron chi connectivity index (χ0n) is 12.3. The van der Waals surface area contributed by atoms with Crippen molar-refractivity contribution in [1.29, 1.82) is 5.41 Å². The number of nitrogens with two attached hydrogens (primary N) is 1. The lowest BCUT2D eigenvalue weighted by Crippen LogP contribution is -2.44. The summed E-state index contributed by atoms with van der Waals surface area (Å²) in [6, 6.07) is 5.62. The van der Waals surface area contributed by atoms with E-state index in [4.69, 9.17) is 20.6 Å². The number of methoxy groups -OCH3 is 2. The topological polar surface area (TPSA) is 71.6 Å². The molecule has 0 radical (unpaired) electrons. The summed E-state index contributed by atoms with van der Waals surface area (Å²) < 4.78 is 10.8. The molecule has 1 aromatic rings. The fraction of sp³-hybridized carbons (Fsp3) is 0.533. The lowest BCUT2D eigenvalue weighted by atomic mass is 9.94. The molecule has 0 amide bonds. The van der Waals surface area contributed by atoms with Crippen LogP contribution in [0, 0.1) is 11.3 Å². The summed E-state index contributed by atoms with van der Waals surface area (Å²) in [7, 11) is 3.39. The number of hydrogen-bond acceptors (Lipinski definition) is 4. The van der Waals surface area contributed by atoms with Crippen LogP contribution in [0.2, 0.25) is 0 Å². The number of rotatable bonds is 4. The predicted octanol–water partition coefficient (Wildman–Crippen LogP) is 1.84. The normalized spacial score (nSPS) is 22.6. The van der Waals surface area contributed by atoms with Gasteiger partial charge >= 0.3 is 0 Å². The summed E-state index contributed by atoms with van der Waals surface area (Å²) in [5.41, 5.74) is 7.39. The Morgan fingerprint density at radius 3 is 2.75 bits per heavy atom. The molecule has 5 nitrogen and oxygen atoms in total. The third kappa shape index (κ3) is 2.88. The summed E-state index contributed by atoms with van der Waals surface area (Å²) in [5, 5.41) is 7.74. The Balaban J connectivity index is 2.32. The van der Waals surface area contributed by atoms with E-state index >= 15 is 0 Å². The quantitative estimate of drug-likeness (QED) is 0.650. The second-order valence-electron chi connectivity index (χ2n) is 5.28. The van der Waals surface area contributed by atoms with E-state index < -0.39 is 0 Å². The Kier molecular flexibility index (Phi) is 4.49. The van der Waals surface area contributed by atoms with Crippen molar-refractivity contribution in [2.75, 3.05) is 32.2 Å². The van der Waals surface area contributed by atoms with Crippen LogP contribution in [0.15, 0.2) is 18.2 Å². The van der Waals surface area contributed by atoms with Gasteiger partial charge in [0.05, 0.1) is 18.9 Å². The second-order valence-corrected chi connectivity index (χ2v) is 5.28. The first-order valence-electron chi connectivity index (χ1n) is 6.87. The molecule has 2 atom stereocenters. The predicted molar refractivity (Wildman–Crippen MR) is 80.8 cm³/mol. The lowest BCUT2D eigenvalue weighted by molar-refractivity contribution is 0.0498. The van der Waals surface area contributed by atoms with E-state index in [1.54, 1.807) is 14.2 Å². The zero-order valence-corrected chi connectivity index (χ0v) is 12.3. The van der Waals surface area contributed by atoms with Crippen molar-refractivity contribution < 1.29 is 9.47 Å². The van der Waals surface area contributed by atoms with Gasteiger partial charge in [-0.2, -0.15) is 0 Å². The molecule has 110 valence electrons. The molecule has 5 heteroatoms. The number of nitrogens with zero attached hydrogens (tertiary/aromatic N) is 1. The molecule has 1 fully saturated rings. The van der Waals surface area contributed by atoms with Crippen LogP contribution in [0.4, 0.5) is 5.69 Å². The summed E-state index contributed by atoms with van der Waals surface area (Å²) >= 11 is 0. The van der Waals surface area contributed by atoms with Gasteiger partial charge < -0.3 is 20.1 Å². The van der Waals surface area contributed by atoms with Crippen LogP contribution in [0.25, 0.3) is 0 Å². The molecule has 2 unspecified atom stereocenters. The number of anilines is 1. The molecule has 0 aliphatic carbocycles. The molecule has 1 aliphatic heterocycles. The molecule has 3 N–H and O–H groups in total. The lowest BCUT2D eigenvalue weighted by Gasteiger charge is -2.38. The number of nitrogens with one attached hydrogen (secondary N) is 1. The SMILES string of the molecule is COc1ccc(C(=N)N)c(N2CCC(C)C(OC)C2)c1. The Labute approximate surface area is 120 Å². The minimum absolute atomic E-state index is 0.0789. The van der Waals surface area contributed by atoms with Crippen molar-refractivity contribution >= 4 is 11.5 Å². The van der Waals surface area contributed by atoms with Gasteiger partial charge in [-0.05, 0) is 24.5 Å². The van der Waals surface area contributed by atoms with Crippen LogP contribution in [-0.4, -0.2) is 39.2 Å². The third-order valence-electron chi connectivity index (χ3n) is 4.03. The molecular formula is C15H23N3O2. The highest BCUT2D eigenvalue weighted by Gasteiger charge is 2.27. The zero-order chi connectivity index (χ0) is 14.7. The van der Waals surface area contributed by atoms with E-state index in [0.717, 1.165) is 36.5 Å². The minimum atomic E-state index is 0.0789. The molecule has 1 saturated heterocycles. The van der Waals surface area contributed by atoms with Crippen molar-refractivity contribution in [3.63, 3.8) is 0 Å². The maximum atomic E-state index is 7.74. The average Bonchev–Trinajstić information content (AvgIpc) is 2.47. The van der Waals surface area contributed by atoms with Crippen LogP contribution >= 0.6 is 0 Å². The Hall–Kier alpha value is -1.75. The van der Waals surface area contributed by atoms with E-state index in [0.29, 0.717) is 5.92 Å². The molecule has 0 aromatic heterocycles. The summed E-state index contributed by atoms with van der Waals surface area (Å²) in [6.45, 7) is 3.96. The molecule has 0 bridgehead atoms. The van der Waals surface area contributed by atoms with E-state index in [-0.39, 0.29) is 11.9 Å². The van der Waals surface area contributed by atoms with E-state index in [1.807, 2.05) is 18.2 Å². The first kappa shape index (κ1) is 14.7. The number of ether oxygens (including phenoxy) is 2. The first-order chi connectivity index (χ1) is 9.56. The molecule has 0 spiro atoms. The van der Waals surface area contributed by atoms with Gasteiger partial charge in [0.15, 0.2) is 0 Å². The molecule has 20 heavy (non-hydrogen) atoms. The van der Waals surface area contributed by atoms with Crippen LogP contribution in [0.3, 0.4) is 0 Å². The van der Waals surface area contributed by atoms with E-state index in [2.05, 4.69) is 11.8 Å². The Morgan fingerprint density at radius 1 is 1.40 bits per heavy atom. The van der Waals surface area contributed by atoms with Gasteiger partial charge in [-0.15, -0.1) is 0 Å². The number of piperidine rings is 1. The molecule has 2 rings (SSSR count). The fourth-order valence-electron chi connectivity index (χ4n) is 2.69. The van der Waals surface area contributed by atoms with Crippen LogP contribution in [0.5, 0.6) is 5.75 Å². The number of benzene rings is 1. The fourth-order valence-corrected chi connectivity index (χ4v) is 2.69. The second kappa shape index (κ2) is 6.13. The van der Waals surface area contributed by atoms with Crippen LogP contribution < -0.4 is 15.4 Å². The molecular weight excluding hydrogens is 254 g/mol. The standard InChI is InChI=1S/C15H23N3O2/c1-10-6-7-18(9-14(10)20-3)13-8-11(19-2)4-5-12(13)15(16)17/h4-5,8,10,14H,6-7,9H2,1-3H3,(H3,16,17). The molecule has 1 aliphatic rings. The summed E-state index contributed by atoms with van der Waals surface area (Å²) in [4.78, 5) is 2.23. The van der Waals surface area contributed by atoms with Gasteiger partial charge in [0.2, 0.25) is 0 Å². The molecule has 1 aromatic carbocycles. The maximum Gasteiger partial charge on any atom is 0.124 e.